The first-order chi connectivity index (χ1) is 5.79. The molecular weight excluding hydrogens is 211 g/mol. The van der Waals surface area contributed by atoms with Crippen LogP contribution in [-0.4, -0.2) is 0 Å². The first-order valence-electron chi connectivity index (χ1n) is 3.70. The van der Waals surface area contributed by atoms with Crippen LogP contribution in [0.15, 0.2) is 24.3 Å². The molecule has 4 heteroatoms. The van der Waals surface area contributed by atoms with Crippen LogP contribution in [0, 0.1) is 0 Å². The fourth-order valence-electron chi connectivity index (χ4n) is 1.07. The maximum absolute atomic E-state index is 11.4. The van der Waals surface area contributed by atoms with Gasteiger partial charge in [0, 0.05) is 15.9 Å². The molecule has 1 nitrogen and oxygen atoms in total. The van der Waals surface area contributed by atoms with E-state index in [0.717, 1.165) is 27.9 Å². The van der Waals surface area contributed by atoms with E-state index < -0.39 is 7.00 Å². The quantitative estimate of drug-likeness (QED) is 0.728. The molecule has 0 amide bonds. The van der Waals surface area contributed by atoms with Crippen molar-refractivity contribution in [2.45, 2.75) is 13.3 Å². The summed E-state index contributed by atoms with van der Waals surface area (Å²) in [5.74, 6) is 0. The van der Waals surface area contributed by atoms with Gasteiger partial charge < -0.3 is 4.57 Å². The third kappa shape index (κ3) is 2.29. The predicted molar refractivity (Wildman–Crippen MR) is 57.9 cm³/mol. The van der Waals surface area contributed by atoms with Gasteiger partial charge in [0.15, 0.2) is 7.00 Å². The van der Waals surface area contributed by atoms with Gasteiger partial charge in [-0.25, -0.2) is 0 Å². The molecule has 0 saturated heterocycles. The molecule has 0 radical (unpaired) electrons. The molecule has 12 heavy (non-hydrogen) atoms. The third-order valence-corrected chi connectivity index (χ3v) is 5.10. The minimum Gasteiger partial charge on any atom is -0.309 e. The van der Waals surface area contributed by atoms with E-state index in [2.05, 4.69) is 0 Å². The number of halogens is 1. The van der Waals surface area contributed by atoms with Crippen LogP contribution in [0.5, 0.6) is 0 Å². The fourth-order valence-corrected chi connectivity index (χ4v) is 3.50. The van der Waals surface area contributed by atoms with Gasteiger partial charge in [0.05, 0.1) is 0 Å². The van der Waals surface area contributed by atoms with E-state index in [0.29, 0.717) is 0 Å². The van der Waals surface area contributed by atoms with Gasteiger partial charge in [-0.1, -0.05) is 31.2 Å². The number of hydrogen-bond acceptors (Lipinski definition) is 2. The van der Waals surface area contributed by atoms with Crippen molar-refractivity contribution in [3.8, 4) is 0 Å². The van der Waals surface area contributed by atoms with Gasteiger partial charge in [-0.3, -0.25) is 0 Å². The Hall–Kier alpha value is 0.0900. The number of aryl methyl sites for hydroxylation is 1. The van der Waals surface area contributed by atoms with Gasteiger partial charge >= 0.3 is 0 Å². The summed E-state index contributed by atoms with van der Waals surface area (Å²) in [6.07, 6.45) is 0.907. The van der Waals surface area contributed by atoms with Crippen molar-refractivity contribution in [2.24, 2.45) is 0 Å². The van der Waals surface area contributed by atoms with Crippen LogP contribution in [0.2, 0.25) is 0 Å². The van der Waals surface area contributed by atoms with Crippen molar-refractivity contribution in [1.29, 1.82) is 0 Å². The maximum atomic E-state index is 11.4. The lowest BCUT2D eigenvalue weighted by atomic mass is 10.2. The first-order valence-corrected chi connectivity index (χ1v) is 7.48. The molecule has 0 heterocycles. The Bertz CT molecular complexity index is 290. The van der Waals surface area contributed by atoms with Crippen LogP contribution in [0.25, 0.3) is 0 Å². The Morgan fingerprint density at radius 2 is 2.17 bits per heavy atom. The minimum absolute atomic E-state index is 0.907. The molecule has 0 aliphatic rings. The van der Waals surface area contributed by atoms with Crippen molar-refractivity contribution >= 4 is 33.6 Å². The minimum atomic E-state index is -1.82. The van der Waals surface area contributed by atoms with Gasteiger partial charge in [-0.15, -0.1) is 0 Å². The van der Waals surface area contributed by atoms with Gasteiger partial charge in [-0.05, 0) is 22.7 Å². The first kappa shape index (κ1) is 10.2. The molecular formula is C8H10ClOPS. The molecule has 0 N–H and O–H groups in total. The fraction of sp³-hybridized carbons (Fsp3) is 0.250. The molecule has 0 fully saturated rings. The van der Waals surface area contributed by atoms with Crippen molar-refractivity contribution < 1.29 is 4.57 Å². The molecule has 0 saturated carbocycles. The molecule has 0 spiro atoms. The SMILES string of the molecule is CCc1ccccc1[PH](=O)SCl. The van der Waals surface area contributed by atoms with E-state index in [1.54, 1.807) is 0 Å². The molecule has 0 aliphatic carbocycles. The molecule has 66 valence electrons. The Kier molecular flexibility index (Phi) is 4.20. The summed E-state index contributed by atoms with van der Waals surface area (Å²) in [4.78, 5) is 0. The monoisotopic (exact) mass is 220 g/mol. The smallest absolute Gasteiger partial charge is 0.170 e. The zero-order chi connectivity index (χ0) is 8.97. The summed E-state index contributed by atoms with van der Waals surface area (Å²) in [5, 5.41) is 0.907. The topological polar surface area (TPSA) is 17.1 Å². The summed E-state index contributed by atoms with van der Waals surface area (Å²) in [6.45, 7) is 2.05. The standard InChI is InChI=1S/C8H10ClOPS/c1-2-7-5-3-4-6-8(7)11(10)12-9/h3-6,11H,2H2,1H3. The summed E-state index contributed by atoms with van der Waals surface area (Å²) < 4.78 is 11.4. The van der Waals surface area contributed by atoms with Crippen molar-refractivity contribution in [3.63, 3.8) is 0 Å². The summed E-state index contributed by atoms with van der Waals surface area (Å²) in [5.41, 5.74) is 1.13. The van der Waals surface area contributed by atoms with Crippen LogP contribution in [0.3, 0.4) is 0 Å². The van der Waals surface area contributed by atoms with Gasteiger partial charge in [0.2, 0.25) is 0 Å². The van der Waals surface area contributed by atoms with E-state index in [1.165, 1.54) is 0 Å². The second kappa shape index (κ2) is 4.96. The molecule has 0 aromatic heterocycles. The lowest BCUT2D eigenvalue weighted by molar-refractivity contribution is 0.601. The second-order valence-electron chi connectivity index (χ2n) is 2.38. The number of benzene rings is 1. The van der Waals surface area contributed by atoms with Crippen LogP contribution in [-0.2, 0) is 11.0 Å². The zero-order valence-electron chi connectivity index (χ0n) is 6.71. The molecule has 1 rings (SSSR count). The van der Waals surface area contributed by atoms with E-state index in [9.17, 15) is 4.57 Å². The summed E-state index contributed by atoms with van der Waals surface area (Å²) in [7, 11) is 4.57. The highest BCUT2D eigenvalue weighted by Gasteiger charge is 2.06. The number of hydrogen-bond donors (Lipinski definition) is 0. The molecule has 1 unspecified atom stereocenters. The largest absolute Gasteiger partial charge is 0.309 e. The third-order valence-electron chi connectivity index (χ3n) is 1.69. The maximum Gasteiger partial charge on any atom is 0.170 e. The Labute approximate surface area is 81.5 Å². The van der Waals surface area contributed by atoms with Crippen LogP contribution in [0.4, 0.5) is 0 Å². The average molecular weight is 221 g/mol. The normalized spacial score (nSPS) is 12.8. The molecule has 1 atom stereocenters. The Morgan fingerprint density at radius 1 is 1.50 bits per heavy atom. The lowest BCUT2D eigenvalue weighted by Gasteiger charge is -2.03. The highest BCUT2D eigenvalue weighted by molar-refractivity contribution is 8.65. The molecule has 1 aromatic carbocycles. The molecule has 0 aliphatic heterocycles. The lowest BCUT2D eigenvalue weighted by Crippen LogP contribution is -2.01. The Balaban J connectivity index is 3.04. The van der Waals surface area contributed by atoms with Crippen molar-refractivity contribution in [1.82, 2.24) is 0 Å². The number of rotatable bonds is 3. The van der Waals surface area contributed by atoms with Gasteiger partial charge in [-0.2, -0.15) is 0 Å². The highest BCUT2D eigenvalue weighted by Crippen LogP contribution is 2.40. The van der Waals surface area contributed by atoms with Crippen LogP contribution < -0.4 is 5.30 Å². The van der Waals surface area contributed by atoms with E-state index in [-0.39, 0.29) is 0 Å². The zero-order valence-corrected chi connectivity index (χ0v) is 9.28. The van der Waals surface area contributed by atoms with Crippen LogP contribution >= 0.6 is 28.3 Å². The average Bonchev–Trinajstić information content (AvgIpc) is 2.16. The summed E-state index contributed by atoms with van der Waals surface area (Å²) in [6, 6.07) is 7.72. The second-order valence-corrected chi connectivity index (χ2v) is 6.61. The summed E-state index contributed by atoms with van der Waals surface area (Å²) >= 11 is 0. The van der Waals surface area contributed by atoms with E-state index >= 15 is 0 Å². The predicted octanol–water partition coefficient (Wildman–Crippen LogP) is 3.24. The van der Waals surface area contributed by atoms with Crippen molar-refractivity contribution in [3.05, 3.63) is 29.8 Å². The highest BCUT2D eigenvalue weighted by atomic mass is 35.7. The van der Waals surface area contributed by atoms with Crippen LogP contribution in [0.1, 0.15) is 12.5 Å². The van der Waals surface area contributed by atoms with E-state index in [4.69, 9.17) is 10.7 Å². The van der Waals surface area contributed by atoms with Gasteiger partial charge in [0.1, 0.15) is 0 Å². The van der Waals surface area contributed by atoms with E-state index in [1.807, 2.05) is 31.2 Å². The Morgan fingerprint density at radius 3 is 2.75 bits per heavy atom. The molecule has 1 aromatic rings. The van der Waals surface area contributed by atoms with Gasteiger partial charge in [0.25, 0.3) is 0 Å². The molecule has 0 bridgehead atoms. The van der Waals surface area contributed by atoms with Crippen molar-refractivity contribution in [2.75, 3.05) is 0 Å².